The summed E-state index contributed by atoms with van der Waals surface area (Å²) in [4.78, 5) is 14.4. The highest BCUT2D eigenvalue weighted by Gasteiger charge is 2.30. The number of amides is 1. The molecule has 2 aliphatic rings. The first-order valence-corrected chi connectivity index (χ1v) is 11.1. The van der Waals surface area contributed by atoms with Gasteiger partial charge in [-0.2, -0.15) is 4.31 Å². The zero-order valence-corrected chi connectivity index (χ0v) is 16.5. The molecule has 0 spiro atoms. The summed E-state index contributed by atoms with van der Waals surface area (Å²) >= 11 is 0. The van der Waals surface area contributed by atoms with Gasteiger partial charge in [-0.25, -0.2) is 12.8 Å². The highest BCUT2D eigenvalue weighted by atomic mass is 32.2. The Balaban J connectivity index is 1.49. The van der Waals surface area contributed by atoms with Gasteiger partial charge in [-0.05, 0) is 43.0 Å². The molecule has 0 bridgehead atoms. The number of hydrogen-bond donors (Lipinski definition) is 1. The lowest BCUT2D eigenvalue weighted by atomic mass is 9.86. The Bertz CT molecular complexity index is 746. The largest absolute Gasteiger partial charge is 0.352 e. The van der Waals surface area contributed by atoms with Crippen LogP contribution in [-0.2, 0) is 14.8 Å². The van der Waals surface area contributed by atoms with E-state index < -0.39 is 15.8 Å². The molecule has 1 saturated heterocycles. The third-order valence-electron chi connectivity index (χ3n) is 5.61. The van der Waals surface area contributed by atoms with Gasteiger partial charge in [0.1, 0.15) is 5.82 Å². The van der Waals surface area contributed by atoms with Gasteiger partial charge in [0.25, 0.3) is 0 Å². The van der Waals surface area contributed by atoms with Crippen molar-refractivity contribution in [2.45, 2.75) is 43.5 Å². The van der Waals surface area contributed by atoms with Crippen LogP contribution in [0.2, 0.25) is 0 Å². The van der Waals surface area contributed by atoms with Crippen molar-refractivity contribution in [1.82, 2.24) is 14.5 Å². The van der Waals surface area contributed by atoms with Gasteiger partial charge in [0.15, 0.2) is 0 Å². The summed E-state index contributed by atoms with van der Waals surface area (Å²) in [6.45, 7) is 4.15. The maximum absolute atomic E-state index is 13.0. The minimum atomic E-state index is -3.62. The van der Waals surface area contributed by atoms with Crippen LogP contribution >= 0.6 is 0 Å². The first-order valence-electron chi connectivity index (χ1n) is 9.64. The summed E-state index contributed by atoms with van der Waals surface area (Å²) in [7, 11) is -3.62. The lowest BCUT2D eigenvalue weighted by Crippen LogP contribution is -2.52. The maximum Gasteiger partial charge on any atom is 0.243 e. The highest BCUT2D eigenvalue weighted by Crippen LogP contribution is 2.23. The van der Waals surface area contributed by atoms with E-state index in [9.17, 15) is 17.6 Å². The zero-order valence-electron chi connectivity index (χ0n) is 15.7. The van der Waals surface area contributed by atoms with E-state index in [1.54, 1.807) is 0 Å². The molecule has 6 nitrogen and oxygen atoms in total. The van der Waals surface area contributed by atoms with Gasteiger partial charge in [-0.3, -0.25) is 9.69 Å². The predicted molar refractivity (Wildman–Crippen MR) is 101 cm³/mol. The number of rotatable bonds is 5. The minimum absolute atomic E-state index is 0.0172. The summed E-state index contributed by atoms with van der Waals surface area (Å²) in [5.74, 6) is 0.0704. The lowest BCUT2D eigenvalue weighted by Gasteiger charge is -2.34. The molecule has 1 heterocycles. The van der Waals surface area contributed by atoms with Crippen molar-refractivity contribution in [1.29, 1.82) is 0 Å². The smallest absolute Gasteiger partial charge is 0.243 e. The Hall–Kier alpha value is -1.51. The number of nitrogens with one attached hydrogen (secondary N) is 1. The molecule has 1 amide bonds. The van der Waals surface area contributed by atoms with Crippen molar-refractivity contribution in [2.75, 3.05) is 32.7 Å². The molecule has 3 rings (SSSR count). The summed E-state index contributed by atoms with van der Waals surface area (Å²) in [6.07, 6.45) is 4.59. The summed E-state index contributed by atoms with van der Waals surface area (Å²) in [6, 6.07) is 5.14. The van der Waals surface area contributed by atoms with E-state index in [4.69, 9.17) is 0 Å². The third kappa shape index (κ3) is 5.06. The lowest BCUT2D eigenvalue weighted by molar-refractivity contribution is -0.123. The van der Waals surface area contributed by atoms with Gasteiger partial charge in [-0.1, -0.05) is 19.8 Å². The summed E-state index contributed by atoms with van der Waals surface area (Å²) in [5, 5.41) is 3.14. The van der Waals surface area contributed by atoms with E-state index in [0.717, 1.165) is 31.4 Å². The molecule has 2 atom stereocenters. The van der Waals surface area contributed by atoms with E-state index in [2.05, 4.69) is 12.2 Å². The average Bonchev–Trinajstić information content (AvgIpc) is 2.64. The monoisotopic (exact) mass is 397 g/mol. The molecule has 27 heavy (non-hydrogen) atoms. The number of halogens is 1. The van der Waals surface area contributed by atoms with Crippen molar-refractivity contribution in [2.24, 2.45) is 5.92 Å². The SMILES string of the molecule is C[C@@H]1CCCC[C@H]1NC(=O)CN1CCN(S(=O)(=O)c2ccc(F)cc2)CC1. The van der Waals surface area contributed by atoms with Gasteiger partial charge in [-0.15, -0.1) is 0 Å². The number of carbonyl (C=O) groups excluding carboxylic acids is 1. The van der Waals surface area contributed by atoms with Gasteiger partial charge in [0, 0.05) is 32.2 Å². The van der Waals surface area contributed by atoms with Crippen LogP contribution in [0.15, 0.2) is 29.2 Å². The molecule has 0 aromatic heterocycles. The van der Waals surface area contributed by atoms with Crippen molar-refractivity contribution < 1.29 is 17.6 Å². The number of benzene rings is 1. The highest BCUT2D eigenvalue weighted by molar-refractivity contribution is 7.89. The molecule has 1 saturated carbocycles. The van der Waals surface area contributed by atoms with E-state index in [1.165, 1.54) is 22.9 Å². The first kappa shape index (κ1) is 20.2. The average molecular weight is 398 g/mol. The van der Waals surface area contributed by atoms with Crippen LogP contribution in [-0.4, -0.2) is 62.3 Å². The molecule has 8 heteroatoms. The fraction of sp³-hybridized carbons (Fsp3) is 0.632. The standard InChI is InChI=1S/C19H28FN3O3S/c1-15-4-2-3-5-18(15)21-19(24)14-22-10-12-23(13-11-22)27(25,26)17-8-6-16(20)7-9-17/h6-9,15,18H,2-5,10-14H2,1H3,(H,21,24)/t15-,18-/m1/s1. The summed E-state index contributed by atoms with van der Waals surface area (Å²) in [5.41, 5.74) is 0. The Morgan fingerprint density at radius 2 is 1.74 bits per heavy atom. The zero-order chi connectivity index (χ0) is 19.4. The number of carbonyl (C=O) groups is 1. The number of sulfonamides is 1. The van der Waals surface area contributed by atoms with Crippen molar-refractivity contribution in [3.63, 3.8) is 0 Å². The number of piperazine rings is 1. The van der Waals surface area contributed by atoms with Gasteiger partial charge in [0.2, 0.25) is 15.9 Å². The Morgan fingerprint density at radius 3 is 2.37 bits per heavy atom. The fourth-order valence-electron chi connectivity index (χ4n) is 3.87. The first-order chi connectivity index (χ1) is 12.9. The summed E-state index contributed by atoms with van der Waals surface area (Å²) < 4.78 is 39.7. The van der Waals surface area contributed by atoms with Crippen LogP contribution in [0.1, 0.15) is 32.6 Å². The minimum Gasteiger partial charge on any atom is -0.352 e. The molecule has 1 aliphatic carbocycles. The molecule has 0 unspecified atom stereocenters. The van der Waals surface area contributed by atoms with E-state index in [1.807, 2.05) is 4.90 Å². The fourth-order valence-corrected chi connectivity index (χ4v) is 5.29. The van der Waals surface area contributed by atoms with E-state index in [-0.39, 0.29) is 16.8 Å². The maximum atomic E-state index is 13.0. The van der Waals surface area contributed by atoms with Crippen LogP contribution in [0, 0.1) is 11.7 Å². The second-order valence-electron chi connectivity index (χ2n) is 7.57. The molecule has 1 aliphatic heterocycles. The van der Waals surface area contributed by atoms with Gasteiger partial charge in [0.05, 0.1) is 11.4 Å². The molecule has 1 aromatic carbocycles. The van der Waals surface area contributed by atoms with Crippen molar-refractivity contribution in [3.8, 4) is 0 Å². The Labute approximate surface area is 160 Å². The second kappa shape index (κ2) is 8.67. The van der Waals surface area contributed by atoms with Gasteiger partial charge >= 0.3 is 0 Å². The third-order valence-corrected chi connectivity index (χ3v) is 7.52. The number of nitrogens with zero attached hydrogens (tertiary/aromatic N) is 2. The molecule has 150 valence electrons. The molecule has 2 fully saturated rings. The predicted octanol–water partition coefficient (Wildman–Crippen LogP) is 1.83. The van der Waals surface area contributed by atoms with E-state index >= 15 is 0 Å². The van der Waals surface area contributed by atoms with Crippen molar-refractivity contribution in [3.05, 3.63) is 30.1 Å². The van der Waals surface area contributed by atoms with Crippen LogP contribution in [0.4, 0.5) is 4.39 Å². The Kier molecular flexibility index (Phi) is 6.49. The van der Waals surface area contributed by atoms with Crippen LogP contribution < -0.4 is 5.32 Å². The molecular weight excluding hydrogens is 369 g/mol. The topological polar surface area (TPSA) is 69.7 Å². The molecule has 1 N–H and O–H groups in total. The van der Waals surface area contributed by atoms with Crippen LogP contribution in [0.5, 0.6) is 0 Å². The van der Waals surface area contributed by atoms with Crippen molar-refractivity contribution >= 4 is 15.9 Å². The van der Waals surface area contributed by atoms with Crippen LogP contribution in [0.25, 0.3) is 0 Å². The quantitative estimate of drug-likeness (QED) is 0.823. The number of hydrogen-bond acceptors (Lipinski definition) is 4. The van der Waals surface area contributed by atoms with E-state index in [0.29, 0.717) is 38.6 Å². The molecule has 1 aromatic rings. The Morgan fingerprint density at radius 1 is 1.11 bits per heavy atom. The second-order valence-corrected chi connectivity index (χ2v) is 9.51. The normalized spacial score (nSPS) is 25.3. The van der Waals surface area contributed by atoms with Crippen LogP contribution in [0.3, 0.4) is 0 Å². The van der Waals surface area contributed by atoms with Gasteiger partial charge < -0.3 is 5.32 Å². The molecule has 0 radical (unpaired) electrons. The molecular formula is C19H28FN3O3S.